The summed E-state index contributed by atoms with van der Waals surface area (Å²) in [6.45, 7) is 2.96. The lowest BCUT2D eigenvalue weighted by atomic mass is 10.3. The van der Waals surface area contributed by atoms with E-state index in [1.807, 2.05) is 25.1 Å². The number of rotatable bonds is 8. The van der Waals surface area contributed by atoms with Gasteiger partial charge in [-0.1, -0.05) is 17.3 Å². The molecule has 0 radical (unpaired) electrons. The maximum Gasteiger partial charge on any atom is 0.276 e. The average molecular weight is 398 g/mol. The van der Waals surface area contributed by atoms with Gasteiger partial charge in [-0.2, -0.15) is 4.98 Å². The van der Waals surface area contributed by atoms with Crippen LogP contribution < -0.4 is 15.4 Å². The molecule has 2 aromatic heterocycles. The van der Waals surface area contributed by atoms with Gasteiger partial charge in [0.1, 0.15) is 23.4 Å². The Morgan fingerprint density at radius 2 is 2.14 bits per heavy atom. The van der Waals surface area contributed by atoms with Crippen molar-refractivity contribution in [3.63, 3.8) is 0 Å². The summed E-state index contributed by atoms with van der Waals surface area (Å²) in [5.41, 5.74) is 0.643. The normalized spacial score (nSPS) is 12.4. The molecule has 0 saturated heterocycles. The summed E-state index contributed by atoms with van der Waals surface area (Å²) in [6.07, 6.45) is 2.07. The molecule has 0 amide bonds. The molecular weight excluding hydrogens is 375 g/mol. The van der Waals surface area contributed by atoms with Gasteiger partial charge in [-0.3, -0.25) is 9.98 Å². The number of nitrogens with zero attached hydrogens (tertiary/aromatic N) is 4. The first kappa shape index (κ1) is 20.2. The highest BCUT2D eigenvalue weighted by molar-refractivity contribution is 5.79. The first-order valence-corrected chi connectivity index (χ1v) is 9.25. The smallest absolute Gasteiger partial charge is 0.276 e. The van der Waals surface area contributed by atoms with E-state index >= 15 is 0 Å². The summed E-state index contributed by atoms with van der Waals surface area (Å²) < 4.78 is 24.1. The summed E-state index contributed by atoms with van der Waals surface area (Å²) in [4.78, 5) is 12.7. The fraction of sp³-hybridized carbons (Fsp3) is 0.300. The van der Waals surface area contributed by atoms with Crippen molar-refractivity contribution in [1.82, 2.24) is 25.8 Å². The number of guanidine groups is 1. The van der Waals surface area contributed by atoms with Crippen LogP contribution in [0.5, 0.6) is 5.75 Å². The third-order valence-electron chi connectivity index (χ3n) is 3.91. The molecule has 2 heterocycles. The number of ether oxygens (including phenoxy) is 1. The predicted molar refractivity (Wildman–Crippen MR) is 107 cm³/mol. The fourth-order valence-electron chi connectivity index (χ4n) is 2.52. The monoisotopic (exact) mass is 398 g/mol. The van der Waals surface area contributed by atoms with Crippen LogP contribution in [0.1, 0.15) is 12.7 Å². The Morgan fingerprint density at radius 1 is 1.24 bits per heavy atom. The fourth-order valence-corrected chi connectivity index (χ4v) is 2.52. The first-order chi connectivity index (χ1) is 14.1. The maximum absolute atomic E-state index is 13.2. The van der Waals surface area contributed by atoms with E-state index in [1.165, 1.54) is 12.1 Å². The summed E-state index contributed by atoms with van der Waals surface area (Å²) in [5, 5.41) is 10.3. The molecule has 0 aliphatic heterocycles. The van der Waals surface area contributed by atoms with Crippen LogP contribution in [0.2, 0.25) is 0 Å². The van der Waals surface area contributed by atoms with E-state index in [2.05, 4.69) is 30.8 Å². The number of aromatic nitrogens is 3. The zero-order chi connectivity index (χ0) is 20.5. The highest BCUT2D eigenvalue weighted by atomic mass is 19.1. The second kappa shape index (κ2) is 10.2. The van der Waals surface area contributed by atoms with Gasteiger partial charge in [-0.05, 0) is 31.2 Å². The molecule has 1 unspecified atom stereocenters. The zero-order valence-corrected chi connectivity index (χ0v) is 16.3. The topological polar surface area (TPSA) is 97.5 Å². The lowest BCUT2D eigenvalue weighted by Gasteiger charge is -2.17. The maximum atomic E-state index is 13.2. The molecule has 3 rings (SSSR count). The van der Waals surface area contributed by atoms with Crippen molar-refractivity contribution in [2.24, 2.45) is 4.99 Å². The SMILES string of the molecule is CN=C(NCCc1noc(-c2ccccn2)n1)NCC(C)Oc1cccc(F)c1. The number of benzene rings is 1. The molecule has 0 fully saturated rings. The molecule has 1 atom stereocenters. The van der Waals surface area contributed by atoms with Crippen LogP contribution in [0.15, 0.2) is 58.2 Å². The van der Waals surface area contributed by atoms with E-state index in [1.54, 1.807) is 25.4 Å². The van der Waals surface area contributed by atoms with Crippen LogP contribution in [0.3, 0.4) is 0 Å². The zero-order valence-electron chi connectivity index (χ0n) is 16.3. The third-order valence-corrected chi connectivity index (χ3v) is 3.91. The minimum Gasteiger partial charge on any atom is -0.489 e. The second-order valence-electron chi connectivity index (χ2n) is 6.25. The molecule has 9 heteroatoms. The van der Waals surface area contributed by atoms with Crippen LogP contribution in [0.25, 0.3) is 11.6 Å². The van der Waals surface area contributed by atoms with Crippen LogP contribution in [-0.4, -0.2) is 47.3 Å². The van der Waals surface area contributed by atoms with Gasteiger partial charge in [0.25, 0.3) is 5.89 Å². The highest BCUT2D eigenvalue weighted by Crippen LogP contribution is 2.14. The van der Waals surface area contributed by atoms with Gasteiger partial charge >= 0.3 is 0 Å². The number of aliphatic imine (C=N–C) groups is 1. The average Bonchev–Trinajstić information content (AvgIpc) is 3.20. The Bertz CT molecular complexity index is 931. The molecule has 0 aliphatic carbocycles. The quantitative estimate of drug-likeness (QED) is 0.444. The summed E-state index contributed by atoms with van der Waals surface area (Å²) in [7, 11) is 1.68. The van der Waals surface area contributed by atoms with E-state index in [-0.39, 0.29) is 11.9 Å². The second-order valence-corrected chi connectivity index (χ2v) is 6.25. The van der Waals surface area contributed by atoms with Gasteiger partial charge in [0.2, 0.25) is 0 Å². The lowest BCUT2D eigenvalue weighted by molar-refractivity contribution is 0.223. The molecule has 1 aromatic carbocycles. The van der Waals surface area contributed by atoms with Crippen LogP contribution in [0, 0.1) is 5.82 Å². The minimum absolute atomic E-state index is 0.173. The standard InChI is InChI=1S/C20H23FN6O2/c1-14(28-16-7-5-6-15(21)12-16)13-25-20(22-2)24-11-9-18-26-19(29-27-18)17-8-3-4-10-23-17/h3-8,10,12,14H,9,11,13H2,1-2H3,(H2,22,24,25). The van der Waals surface area contributed by atoms with Crippen molar-refractivity contribution in [1.29, 1.82) is 0 Å². The van der Waals surface area contributed by atoms with E-state index in [0.29, 0.717) is 48.6 Å². The highest BCUT2D eigenvalue weighted by Gasteiger charge is 2.10. The summed E-state index contributed by atoms with van der Waals surface area (Å²) in [6, 6.07) is 11.6. The van der Waals surface area contributed by atoms with Crippen molar-refractivity contribution in [3.05, 3.63) is 60.3 Å². The number of hydrogen-bond acceptors (Lipinski definition) is 6. The molecule has 0 saturated carbocycles. The summed E-state index contributed by atoms with van der Waals surface area (Å²) in [5.74, 6) is 1.76. The molecule has 0 aliphatic rings. The Kier molecular flexibility index (Phi) is 7.10. The largest absolute Gasteiger partial charge is 0.489 e. The molecule has 152 valence electrons. The number of nitrogens with one attached hydrogen (secondary N) is 2. The lowest BCUT2D eigenvalue weighted by Crippen LogP contribution is -2.42. The van der Waals surface area contributed by atoms with Gasteiger partial charge in [-0.25, -0.2) is 4.39 Å². The van der Waals surface area contributed by atoms with Gasteiger partial charge in [0, 0.05) is 32.3 Å². The van der Waals surface area contributed by atoms with Crippen molar-refractivity contribution in [2.45, 2.75) is 19.4 Å². The predicted octanol–water partition coefficient (Wildman–Crippen LogP) is 2.45. The van der Waals surface area contributed by atoms with Crippen molar-refractivity contribution >= 4 is 5.96 Å². The van der Waals surface area contributed by atoms with Crippen molar-refractivity contribution < 1.29 is 13.7 Å². The minimum atomic E-state index is -0.326. The Morgan fingerprint density at radius 3 is 2.90 bits per heavy atom. The van der Waals surface area contributed by atoms with E-state index in [4.69, 9.17) is 9.26 Å². The van der Waals surface area contributed by atoms with Gasteiger partial charge < -0.3 is 19.9 Å². The first-order valence-electron chi connectivity index (χ1n) is 9.25. The molecule has 8 nitrogen and oxygen atoms in total. The molecule has 3 aromatic rings. The third kappa shape index (κ3) is 6.27. The number of hydrogen-bond donors (Lipinski definition) is 2. The van der Waals surface area contributed by atoms with Gasteiger partial charge in [0.05, 0.1) is 6.54 Å². The van der Waals surface area contributed by atoms with Crippen molar-refractivity contribution in [3.8, 4) is 17.3 Å². The van der Waals surface area contributed by atoms with Gasteiger partial charge in [0.15, 0.2) is 11.8 Å². The van der Waals surface area contributed by atoms with Crippen molar-refractivity contribution in [2.75, 3.05) is 20.1 Å². The molecule has 2 N–H and O–H groups in total. The van der Waals surface area contributed by atoms with Gasteiger partial charge in [-0.15, -0.1) is 0 Å². The van der Waals surface area contributed by atoms with Crippen LogP contribution in [-0.2, 0) is 6.42 Å². The van der Waals surface area contributed by atoms with Crippen LogP contribution in [0.4, 0.5) is 4.39 Å². The molecule has 0 spiro atoms. The Hall–Kier alpha value is -3.49. The molecule has 29 heavy (non-hydrogen) atoms. The van der Waals surface area contributed by atoms with E-state index in [9.17, 15) is 4.39 Å². The molecular formula is C20H23FN6O2. The Labute approximate surface area is 168 Å². The van der Waals surface area contributed by atoms with Crippen LogP contribution >= 0.6 is 0 Å². The molecule has 0 bridgehead atoms. The van der Waals surface area contributed by atoms with E-state index in [0.717, 1.165) is 0 Å². The number of halogens is 1. The van der Waals surface area contributed by atoms with E-state index < -0.39 is 0 Å². The number of pyridine rings is 1. The Balaban J connectivity index is 1.41. The summed E-state index contributed by atoms with van der Waals surface area (Å²) >= 11 is 0.